The Morgan fingerprint density at radius 2 is 1.85 bits per heavy atom. The van der Waals surface area contributed by atoms with Crippen LogP contribution in [0.2, 0.25) is 0 Å². The molecule has 1 amide bonds. The third kappa shape index (κ3) is 2.85. The second kappa shape index (κ2) is 6.37. The van der Waals surface area contributed by atoms with Gasteiger partial charge in [-0.3, -0.25) is 4.79 Å². The number of aryl methyl sites for hydroxylation is 1. The van der Waals surface area contributed by atoms with E-state index in [-0.39, 0.29) is 21.6 Å². The Hall–Kier alpha value is -2.44. The first kappa shape index (κ1) is 17.0. The van der Waals surface area contributed by atoms with Gasteiger partial charge < -0.3 is 5.32 Å². The number of benzene rings is 2. The zero-order valence-electron chi connectivity index (χ0n) is 14.1. The van der Waals surface area contributed by atoms with Gasteiger partial charge in [0.1, 0.15) is 4.90 Å². The summed E-state index contributed by atoms with van der Waals surface area (Å²) in [5.41, 5.74) is 2.33. The fourth-order valence-electron chi connectivity index (χ4n) is 3.27. The molecule has 1 aromatic heterocycles. The van der Waals surface area contributed by atoms with Crippen molar-refractivity contribution in [1.29, 1.82) is 0 Å². The maximum atomic E-state index is 13.1. The fourth-order valence-corrected chi connectivity index (χ4v) is 6.28. The Labute approximate surface area is 156 Å². The normalized spacial score (nSPS) is 16.8. The van der Waals surface area contributed by atoms with Crippen LogP contribution in [0.4, 0.5) is 5.69 Å². The van der Waals surface area contributed by atoms with Gasteiger partial charge in [0, 0.05) is 22.6 Å². The molecule has 132 valence electrons. The van der Waals surface area contributed by atoms with Crippen LogP contribution in [-0.4, -0.2) is 14.3 Å². The van der Waals surface area contributed by atoms with E-state index in [2.05, 4.69) is 5.32 Å². The standard InChI is InChI=1S/C20H17NO3S2/c1-13-6-5-9-15(10-13)26(23,24)17-12-25-20-16(11-18(22)21-19(17)20)14-7-3-2-4-8-14/h2-10,12,16H,11H2,1H3,(H,21,22)/t16-/m1/s1. The Kier molecular flexibility index (Phi) is 4.17. The monoisotopic (exact) mass is 383 g/mol. The lowest BCUT2D eigenvalue weighted by Gasteiger charge is -2.23. The minimum absolute atomic E-state index is 0.119. The lowest BCUT2D eigenvalue weighted by atomic mass is 9.91. The molecule has 3 aromatic rings. The first-order valence-corrected chi connectivity index (χ1v) is 10.6. The van der Waals surface area contributed by atoms with Gasteiger partial charge in [-0.15, -0.1) is 11.3 Å². The number of fused-ring (bicyclic) bond motifs is 1. The average molecular weight is 383 g/mol. The lowest BCUT2D eigenvalue weighted by Crippen LogP contribution is -2.23. The summed E-state index contributed by atoms with van der Waals surface area (Å²) in [7, 11) is -3.69. The summed E-state index contributed by atoms with van der Waals surface area (Å²) < 4.78 is 26.2. The molecule has 0 fully saturated rings. The minimum Gasteiger partial charge on any atom is -0.324 e. The van der Waals surface area contributed by atoms with Crippen molar-refractivity contribution in [3.05, 3.63) is 76.0 Å². The Balaban J connectivity index is 1.85. The van der Waals surface area contributed by atoms with Gasteiger partial charge in [0.05, 0.1) is 10.6 Å². The number of amides is 1. The summed E-state index contributed by atoms with van der Waals surface area (Å²) >= 11 is 1.39. The van der Waals surface area contributed by atoms with E-state index in [1.54, 1.807) is 23.6 Å². The van der Waals surface area contributed by atoms with E-state index in [4.69, 9.17) is 0 Å². The summed E-state index contributed by atoms with van der Waals surface area (Å²) in [6.45, 7) is 1.86. The third-order valence-electron chi connectivity index (χ3n) is 4.55. The van der Waals surface area contributed by atoms with E-state index < -0.39 is 9.84 Å². The molecule has 0 bridgehead atoms. The second-order valence-electron chi connectivity index (χ2n) is 6.37. The van der Waals surface area contributed by atoms with Gasteiger partial charge in [-0.05, 0) is 30.2 Å². The number of hydrogen-bond donors (Lipinski definition) is 1. The van der Waals surface area contributed by atoms with Gasteiger partial charge in [0.15, 0.2) is 0 Å². The first-order chi connectivity index (χ1) is 12.5. The van der Waals surface area contributed by atoms with Gasteiger partial charge in [0.25, 0.3) is 0 Å². The zero-order chi connectivity index (χ0) is 18.3. The van der Waals surface area contributed by atoms with Gasteiger partial charge in [-0.1, -0.05) is 42.5 Å². The Morgan fingerprint density at radius 3 is 2.58 bits per heavy atom. The molecule has 4 nitrogen and oxygen atoms in total. The molecule has 2 aromatic carbocycles. The molecule has 2 heterocycles. The quantitative estimate of drug-likeness (QED) is 0.731. The van der Waals surface area contributed by atoms with Crippen LogP contribution >= 0.6 is 11.3 Å². The van der Waals surface area contributed by atoms with E-state index >= 15 is 0 Å². The minimum atomic E-state index is -3.69. The number of thiophene rings is 1. The molecule has 1 atom stereocenters. The van der Waals surface area contributed by atoms with Crippen molar-refractivity contribution in [3.63, 3.8) is 0 Å². The molecule has 1 aliphatic rings. The lowest BCUT2D eigenvalue weighted by molar-refractivity contribution is -0.116. The molecule has 0 unspecified atom stereocenters. The van der Waals surface area contributed by atoms with Crippen LogP contribution in [0.5, 0.6) is 0 Å². The maximum absolute atomic E-state index is 13.1. The van der Waals surface area contributed by atoms with Crippen molar-refractivity contribution in [2.45, 2.75) is 29.1 Å². The van der Waals surface area contributed by atoms with E-state index in [0.29, 0.717) is 12.1 Å². The highest BCUT2D eigenvalue weighted by molar-refractivity contribution is 7.91. The molecular weight excluding hydrogens is 366 g/mol. The number of carbonyl (C=O) groups is 1. The van der Waals surface area contributed by atoms with Crippen molar-refractivity contribution >= 4 is 32.8 Å². The second-order valence-corrected chi connectivity index (χ2v) is 9.20. The number of rotatable bonds is 3. The molecule has 1 N–H and O–H groups in total. The van der Waals surface area contributed by atoms with Crippen LogP contribution in [0, 0.1) is 6.92 Å². The zero-order valence-corrected chi connectivity index (χ0v) is 15.7. The van der Waals surface area contributed by atoms with Gasteiger partial charge in [-0.2, -0.15) is 0 Å². The average Bonchev–Trinajstić information content (AvgIpc) is 3.06. The molecule has 4 rings (SSSR count). The van der Waals surface area contributed by atoms with Crippen LogP contribution in [0.3, 0.4) is 0 Å². The fraction of sp³-hybridized carbons (Fsp3) is 0.150. The van der Waals surface area contributed by atoms with Crippen molar-refractivity contribution in [2.24, 2.45) is 0 Å². The predicted molar refractivity (Wildman–Crippen MR) is 102 cm³/mol. The number of sulfone groups is 1. The smallest absolute Gasteiger partial charge is 0.225 e. The molecular formula is C20H17NO3S2. The van der Waals surface area contributed by atoms with E-state index in [0.717, 1.165) is 16.0 Å². The van der Waals surface area contributed by atoms with Crippen molar-refractivity contribution < 1.29 is 13.2 Å². The number of hydrogen-bond acceptors (Lipinski definition) is 4. The molecule has 0 spiro atoms. The van der Waals surface area contributed by atoms with Crippen LogP contribution in [-0.2, 0) is 14.6 Å². The Morgan fingerprint density at radius 1 is 1.08 bits per heavy atom. The van der Waals surface area contributed by atoms with Gasteiger partial charge in [-0.25, -0.2) is 8.42 Å². The van der Waals surface area contributed by atoms with E-state index in [1.165, 1.54) is 11.3 Å². The maximum Gasteiger partial charge on any atom is 0.225 e. The highest BCUT2D eigenvalue weighted by atomic mass is 32.2. The summed E-state index contributed by atoms with van der Waals surface area (Å²) in [6, 6.07) is 16.6. The molecule has 6 heteroatoms. The van der Waals surface area contributed by atoms with Crippen molar-refractivity contribution in [2.75, 3.05) is 5.32 Å². The Bertz CT molecular complexity index is 1090. The number of nitrogens with one attached hydrogen (secondary N) is 1. The summed E-state index contributed by atoms with van der Waals surface area (Å²) in [5, 5.41) is 4.43. The van der Waals surface area contributed by atoms with Crippen LogP contribution in [0.25, 0.3) is 0 Å². The molecule has 1 aliphatic heterocycles. The van der Waals surface area contributed by atoms with E-state index in [1.807, 2.05) is 43.3 Å². The highest BCUT2D eigenvalue weighted by Crippen LogP contribution is 2.45. The molecule has 0 aliphatic carbocycles. The van der Waals surface area contributed by atoms with Crippen LogP contribution in [0.1, 0.15) is 28.3 Å². The molecule has 0 radical (unpaired) electrons. The number of anilines is 1. The van der Waals surface area contributed by atoms with Gasteiger partial charge in [0.2, 0.25) is 15.7 Å². The molecule has 26 heavy (non-hydrogen) atoms. The van der Waals surface area contributed by atoms with Gasteiger partial charge >= 0.3 is 0 Å². The van der Waals surface area contributed by atoms with E-state index in [9.17, 15) is 13.2 Å². The van der Waals surface area contributed by atoms with Crippen LogP contribution < -0.4 is 5.32 Å². The highest BCUT2D eigenvalue weighted by Gasteiger charge is 2.34. The topological polar surface area (TPSA) is 63.2 Å². The summed E-state index contributed by atoms with van der Waals surface area (Å²) in [6.07, 6.45) is 0.321. The number of carbonyl (C=O) groups excluding carboxylic acids is 1. The van der Waals surface area contributed by atoms with Crippen molar-refractivity contribution in [1.82, 2.24) is 0 Å². The first-order valence-electron chi connectivity index (χ1n) is 8.25. The largest absolute Gasteiger partial charge is 0.324 e. The summed E-state index contributed by atoms with van der Waals surface area (Å²) in [4.78, 5) is 13.6. The predicted octanol–water partition coefficient (Wildman–Crippen LogP) is 4.36. The third-order valence-corrected chi connectivity index (χ3v) is 7.57. The SMILES string of the molecule is Cc1cccc(S(=O)(=O)c2csc3c2NC(=O)C[C@@H]3c2ccccc2)c1. The molecule has 0 saturated carbocycles. The summed E-state index contributed by atoms with van der Waals surface area (Å²) in [5.74, 6) is -0.281. The van der Waals surface area contributed by atoms with Crippen molar-refractivity contribution in [3.8, 4) is 0 Å². The van der Waals surface area contributed by atoms with Crippen LogP contribution in [0.15, 0.2) is 69.8 Å². The molecule has 0 saturated heterocycles.